The maximum atomic E-state index is 10.5. The quantitative estimate of drug-likeness (QED) is 0.724. The maximum absolute atomic E-state index is 10.5. The van der Waals surface area contributed by atoms with Gasteiger partial charge in [0, 0.05) is 0 Å². The second-order valence-electron chi connectivity index (χ2n) is 4.57. The minimum Gasteiger partial charge on any atom is -0.479 e. The smallest absolute Gasteiger partial charge is 0.335 e. The lowest BCUT2D eigenvalue weighted by Gasteiger charge is -2.15. The van der Waals surface area contributed by atoms with Crippen LogP contribution in [-0.4, -0.2) is 27.4 Å². The number of hydrogen-bond acceptors (Lipinski definition) is 3. The third-order valence-corrected chi connectivity index (χ3v) is 2.52. The second kappa shape index (κ2) is 5.80. The molecule has 0 aliphatic heterocycles. The first-order valence-electron chi connectivity index (χ1n) is 5.59. The Hall–Kier alpha value is -1.39. The molecule has 0 saturated heterocycles. The van der Waals surface area contributed by atoms with Crippen LogP contribution in [0.25, 0.3) is 0 Å². The van der Waals surface area contributed by atoms with E-state index in [0.717, 1.165) is 12.0 Å². The number of hydrogen-bond donors (Lipinski definition) is 3. The highest BCUT2D eigenvalue weighted by atomic mass is 16.4. The zero-order valence-corrected chi connectivity index (χ0v) is 10.00. The van der Waals surface area contributed by atoms with Crippen LogP contribution < -0.4 is 0 Å². The molecule has 17 heavy (non-hydrogen) atoms. The minimum atomic E-state index is -1.79. The van der Waals surface area contributed by atoms with E-state index < -0.39 is 18.2 Å². The lowest BCUT2D eigenvalue weighted by Crippen LogP contribution is -2.27. The molecule has 2 unspecified atom stereocenters. The third-order valence-electron chi connectivity index (χ3n) is 2.52. The van der Waals surface area contributed by atoms with Crippen LogP contribution in [0.2, 0.25) is 0 Å². The molecule has 0 radical (unpaired) electrons. The first-order chi connectivity index (χ1) is 7.91. The van der Waals surface area contributed by atoms with Gasteiger partial charge in [-0.15, -0.1) is 0 Å². The fourth-order valence-corrected chi connectivity index (χ4v) is 1.64. The number of rotatable bonds is 5. The average Bonchev–Trinajstić information content (AvgIpc) is 2.27. The van der Waals surface area contributed by atoms with Crippen molar-refractivity contribution in [3.8, 4) is 0 Å². The molecule has 0 heterocycles. The van der Waals surface area contributed by atoms with Crippen molar-refractivity contribution in [2.75, 3.05) is 0 Å². The Balaban J connectivity index is 2.76. The van der Waals surface area contributed by atoms with E-state index in [0.29, 0.717) is 11.5 Å². The molecular formula is C13H18O4. The van der Waals surface area contributed by atoms with Crippen LogP contribution in [-0.2, 0) is 11.2 Å². The molecule has 1 aromatic rings. The first kappa shape index (κ1) is 13.7. The van der Waals surface area contributed by atoms with Crippen molar-refractivity contribution in [1.82, 2.24) is 0 Å². The van der Waals surface area contributed by atoms with Gasteiger partial charge >= 0.3 is 5.97 Å². The van der Waals surface area contributed by atoms with E-state index in [2.05, 4.69) is 13.8 Å². The summed E-state index contributed by atoms with van der Waals surface area (Å²) in [6.45, 7) is 4.22. The van der Waals surface area contributed by atoms with Gasteiger partial charge in [-0.05, 0) is 23.5 Å². The monoisotopic (exact) mass is 238 g/mol. The van der Waals surface area contributed by atoms with Crippen LogP contribution in [0, 0.1) is 5.92 Å². The number of carboxylic acids is 1. The largest absolute Gasteiger partial charge is 0.479 e. The van der Waals surface area contributed by atoms with Crippen LogP contribution in [0.3, 0.4) is 0 Å². The molecule has 0 saturated carbocycles. The molecule has 1 rings (SSSR count). The van der Waals surface area contributed by atoms with Crippen molar-refractivity contribution in [2.45, 2.75) is 32.5 Å². The van der Waals surface area contributed by atoms with Gasteiger partial charge in [-0.1, -0.05) is 38.1 Å². The molecule has 0 spiro atoms. The van der Waals surface area contributed by atoms with Crippen molar-refractivity contribution in [3.63, 3.8) is 0 Å². The molecule has 0 amide bonds. The Bertz CT molecular complexity index is 370. The standard InChI is InChI=1S/C13H18O4/c1-8(2)7-9-3-5-10(6-4-9)11(14)12(15)13(16)17/h3-6,8,11-12,14-15H,7H2,1-2H3,(H,16,17). The van der Waals surface area contributed by atoms with E-state index in [9.17, 15) is 15.0 Å². The predicted molar refractivity (Wildman–Crippen MR) is 63.6 cm³/mol. The number of aliphatic hydroxyl groups is 2. The Morgan fingerprint density at radius 2 is 1.71 bits per heavy atom. The van der Waals surface area contributed by atoms with Gasteiger partial charge in [0.15, 0.2) is 6.10 Å². The van der Waals surface area contributed by atoms with E-state index in [1.54, 1.807) is 12.1 Å². The molecule has 0 fully saturated rings. The summed E-state index contributed by atoms with van der Waals surface area (Å²) in [6.07, 6.45) is -2.25. The fourth-order valence-electron chi connectivity index (χ4n) is 1.64. The minimum absolute atomic E-state index is 0.410. The number of aliphatic hydroxyl groups excluding tert-OH is 2. The summed E-state index contributed by atoms with van der Waals surface area (Å²) in [5.41, 5.74) is 1.54. The first-order valence-corrected chi connectivity index (χ1v) is 5.59. The van der Waals surface area contributed by atoms with Crippen LogP contribution in [0.1, 0.15) is 31.1 Å². The summed E-state index contributed by atoms with van der Waals surface area (Å²) in [7, 11) is 0. The van der Waals surface area contributed by atoms with Gasteiger partial charge in [0.1, 0.15) is 6.10 Å². The van der Waals surface area contributed by atoms with Crippen LogP contribution in [0.5, 0.6) is 0 Å². The van der Waals surface area contributed by atoms with Crippen molar-refractivity contribution >= 4 is 5.97 Å². The summed E-state index contributed by atoms with van der Waals surface area (Å²) in [4.78, 5) is 10.5. The van der Waals surface area contributed by atoms with Crippen molar-refractivity contribution < 1.29 is 20.1 Å². The van der Waals surface area contributed by atoms with E-state index in [1.807, 2.05) is 12.1 Å². The zero-order valence-electron chi connectivity index (χ0n) is 10.00. The Labute approximate surface area is 101 Å². The topological polar surface area (TPSA) is 77.8 Å². The van der Waals surface area contributed by atoms with Gasteiger partial charge in [0.05, 0.1) is 0 Å². The molecular weight excluding hydrogens is 220 g/mol. The van der Waals surface area contributed by atoms with Crippen LogP contribution >= 0.6 is 0 Å². The molecule has 1 aromatic carbocycles. The van der Waals surface area contributed by atoms with E-state index in [1.165, 1.54) is 0 Å². The average molecular weight is 238 g/mol. The molecule has 4 nitrogen and oxygen atoms in total. The maximum Gasteiger partial charge on any atom is 0.335 e. The van der Waals surface area contributed by atoms with Crippen molar-refractivity contribution in [1.29, 1.82) is 0 Å². The Kier molecular flexibility index (Phi) is 4.66. The normalized spacial score (nSPS) is 14.6. The summed E-state index contributed by atoms with van der Waals surface area (Å²) < 4.78 is 0. The zero-order chi connectivity index (χ0) is 13.0. The van der Waals surface area contributed by atoms with Crippen molar-refractivity contribution in [3.05, 3.63) is 35.4 Å². The Morgan fingerprint density at radius 1 is 1.18 bits per heavy atom. The highest BCUT2D eigenvalue weighted by molar-refractivity contribution is 5.73. The highest BCUT2D eigenvalue weighted by Crippen LogP contribution is 2.18. The molecule has 4 heteroatoms. The molecule has 3 N–H and O–H groups in total. The van der Waals surface area contributed by atoms with Crippen LogP contribution in [0.15, 0.2) is 24.3 Å². The van der Waals surface area contributed by atoms with Crippen molar-refractivity contribution in [2.24, 2.45) is 5.92 Å². The molecule has 0 bridgehead atoms. The van der Waals surface area contributed by atoms with Gasteiger partial charge in [-0.2, -0.15) is 0 Å². The number of benzene rings is 1. The second-order valence-corrected chi connectivity index (χ2v) is 4.57. The van der Waals surface area contributed by atoms with E-state index in [4.69, 9.17) is 5.11 Å². The molecule has 0 aliphatic rings. The Morgan fingerprint density at radius 3 is 2.12 bits per heavy atom. The van der Waals surface area contributed by atoms with E-state index >= 15 is 0 Å². The predicted octanol–water partition coefficient (Wildman–Crippen LogP) is 1.36. The van der Waals surface area contributed by atoms with Crippen LogP contribution in [0.4, 0.5) is 0 Å². The highest BCUT2D eigenvalue weighted by Gasteiger charge is 2.24. The van der Waals surface area contributed by atoms with Gasteiger partial charge in [0.25, 0.3) is 0 Å². The van der Waals surface area contributed by atoms with Gasteiger partial charge in [-0.25, -0.2) is 4.79 Å². The lowest BCUT2D eigenvalue weighted by molar-refractivity contribution is -0.153. The molecule has 2 atom stereocenters. The molecule has 94 valence electrons. The van der Waals surface area contributed by atoms with Gasteiger partial charge in [0.2, 0.25) is 0 Å². The summed E-state index contributed by atoms with van der Waals surface area (Å²) >= 11 is 0. The lowest BCUT2D eigenvalue weighted by atomic mass is 9.98. The summed E-state index contributed by atoms with van der Waals surface area (Å²) in [6, 6.07) is 6.98. The molecule has 0 aromatic heterocycles. The summed E-state index contributed by atoms with van der Waals surface area (Å²) in [5.74, 6) is -0.890. The number of carboxylic acid groups (broad SMARTS) is 1. The molecule has 0 aliphatic carbocycles. The SMILES string of the molecule is CC(C)Cc1ccc(C(O)C(O)C(=O)O)cc1. The number of aliphatic carboxylic acids is 1. The summed E-state index contributed by atoms with van der Waals surface area (Å²) in [5, 5.41) is 27.4. The van der Waals surface area contributed by atoms with Gasteiger partial charge < -0.3 is 15.3 Å². The fraction of sp³-hybridized carbons (Fsp3) is 0.462. The number of carbonyl (C=O) groups is 1. The van der Waals surface area contributed by atoms with E-state index in [-0.39, 0.29) is 0 Å². The van der Waals surface area contributed by atoms with Gasteiger partial charge in [-0.3, -0.25) is 0 Å². The third kappa shape index (κ3) is 3.84.